The van der Waals surface area contributed by atoms with E-state index in [9.17, 15) is 9.59 Å². The number of hydrogen-bond donors (Lipinski definition) is 1. The first-order chi connectivity index (χ1) is 9.93. The number of unbranched alkanes of at least 4 members (excludes halogenated alkanes) is 1. The maximum Gasteiger partial charge on any atom is 0.309 e. The van der Waals surface area contributed by atoms with Crippen molar-refractivity contribution in [1.82, 2.24) is 0 Å². The Morgan fingerprint density at radius 3 is 2.48 bits per heavy atom. The zero-order valence-corrected chi connectivity index (χ0v) is 13.6. The van der Waals surface area contributed by atoms with Gasteiger partial charge in [-0.3, -0.25) is 9.59 Å². The lowest BCUT2D eigenvalue weighted by molar-refractivity contribution is -0.158. The van der Waals surface area contributed by atoms with E-state index in [1.807, 2.05) is 0 Å². The summed E-state index contributed by atoms with van der Waals surface area (Å²) in [6, 6.07) is 0. The number of hydrogen-bond acceptors (Lipinski definition) is 3. The van der Waals surface area contributed by atoms with E-state index in [1.54, 1.807) is 0 Å². The number of esters is 1. The van der Waals surface area contributed by atoms with Crippen LogP contribution in [0.4, 0.5) is 0 Å². The molecule has 4 heteroatoms. The summed E-state index contributed by atoms with van der Waals surface area (Å²) in [7, 11) is 0. The average molecular weight is 298 g/mol. The molecule has 122 valence electrons. The van der Waals surface area contributed by atoms with Crippen LogP contribution in [0.2, 0.25) is 0 Å². The molecule has 0 aromatic rings. The van der Waals surface area contributed by atoms with Crippen LogP contribution in [0, 0.1) is 17.8 Å². The zero-order valence-electron chi connectivity index (χ0n) is 13.6. The standard InChI is InChI=1S/C17H30O4/c1-4-5-9-15(10-12(2)3)21-17(20)14-8-6-7-13(11-14)16(18)19/h12-15H,4-11H2,1-3H3,(H,18,19). The third-order valence-corrected chi connectivity index (χ3v) is 4.25. The predicted octanol–water partition coefficient (Wildman–Crippen LogP) is 4.03. The molecule has 3 unspecified atom stereocenters. The van der Waals surface area contributed by atoms with Crippen molar-refractivity contribution in [3.63, 3.8) is 0 Å². The number of rotatable bonds is 8. The van der Waals surface area contributed by atoms with Gasteiger partial charge in [0.2, 0.25) is 0 Å². The molecule has 1 fully saturated rings. The van der Waals surface area contributed by atoms with Gasteiger partial charge in [0.05, 0.1) is 11.8 Å². The Hall–Kier alpha value is -1.06. The number of carbonyl (C=O) groups is 2. The predicted molar refractivity (Wildman–Crippen MR) is 81.9 cm³/mol. The second-order valence-corrected chi connectivity index (χ2v) is 6.73. The fourth-order valence-corrected chi connectivity index (χ4v) is 3.07. The maximum atomic E-state index is 12.3. The molecule has 4 nitrogen and oxygen atoms in total. The fraction of sp³-hybridized carbons (Fsp3) is 0.882. The summed E-state index contributed by atoms with van der Waals surface area (Å²) >= 11 is 0. The SMILES string of the molecule is CCCCC(CC(C)C)OC(=O)C1CCCC(C(=O)O)C1. The van der Waals surface area contributed by atoms with Gasteiger partial charge in [0.25, 0.3) is 0 Å². The summed E-state index contributed by atoms with van der Waals surface area (Å²) in [5, 5.41) is 9.10. The summed E-state index contributed by atoms with van der Waals surface area (Å²) in [5.74, 6) is -1.07. The second kappa shape index (κ2) is 9.06. The van der Waals surface area contributed by atoms with Gasteiger partial charge in [0.1, 0.15) is 6.10 Å². The van der Waals surface area contributed by atoms with Crippen molar-refractivity contribution in [1.29, 1.82) is 0 Å². The molecule has 1 saturated carbocycles. The van der Waals surface area contributed by atoms with Gasteiger partial charge >= 0.3 is 11.9 Å². The molecule has 1 aliphatic carbocycles. The lowest BCUT2D eigenvalue weighted by atomic mass is 9.81. The molecule has 21 heavy (non-hydrogen) atoms. The molecule has 0 saturated heterocycles. The van der Waals surface area contributed by atoms with Crippen LogP contribution in [0.5, 0.6) is 0 Å². The minimum Gasteiger partial charge on any atom is -0.481 e. The molecular formula is C17H30O4. The molecule has 0 aliphatic heterocycles. The largest absolute Gasteiger partial charge is 0.481 e. The first-order valence-electron chi connectivity index (χ1n) is 8.37. The molecule has 0 bridgehead atoms. The normalized spacial score (nSPS) is 23.8. The van der Waals surface area contributed by atoms with Gasteiger partial charge in [-0.2, -0.15) is 0 Å². The van der Waals surface area contributed by atoms with Crippen molar-refractivity contribution in [2.75, 3.05) is 0 Å². The van der Waals surface area contributed by atoms with Crippen molar-refractivity contribution < 1.29 is 19.4 Å². The molecule has 0 spiro atoms. The lowest BCUT2D eigenvalue weighted by Crippen LogP contribution is -2.31. The molecule has 3 atom stereocenters. The maximum absolute atomic E-state index is 12.3. The van der Waals surface area contributed by atoms with E-state index in [0.717, 1.165) is 38.5 Å². The number of carboxylic acids is 1. The smallest absolute Gasteiger partial charge is 0.309 e. The monoisotopic (exact) mass is 298 g/mol. The van der Waals surface area contributed by atoms with Crippen LogP contribution in [-0.2, 0) is 14.3 Å². The summed E-state index contributed by atoms with van der Waals surface area (Å²) in [6.07, 6.45) is 6.65. The Morgan fingerprint density at radius 2 is 1.90 bits per heavy atom. The van der Waals surface area contributed by atoms with Crippen molar-refractivity contribution in [3.8, 4) is 0 Å². The molecule has 0 heterocycles. The molecule has 0 aromatic heterocycles. The Kier molecular flexibility index (Phi) is 7.76. The third kappa shape index (κ3) is 6.49. The van der Waals surface area contributed by atoms with Gasteiger partial charge in [-0.15, -0.1) is 0 Å². The lowest BCUT2D eigenvalue weighted by Gasteiger charge is -2.27. The summed E-state index contributed by atoms with van der Waals surface area (Å²) in [5.41, 5.74) is 0. The van der Waals surface area contributed by atoms with Crippen LogP contribution in [0.1, 0.15) is 72.1 Å². The van der Waals surface area contributed by atoms with Crippen LogP contribution in [0.3, 0.4) is 0 Å². The van der Waals surface area contributed by atoms with Crippen LogP contribution < -0.4 is 0 Å². The van der Waals surface area contributed by atoms with Gasteiger partial charge in [0.15, 0.2) is 0 Å². The van der Waals surface area contributed by atoms with E-state index in [2.05, 4.69) is 20.8 Å². The van der Waals surface area contributed by atoms with Crippen molar-refractivity contribution in [2.45, 2.75) is 78.2 Å². The van der Waals surface area contributed by atoms with Gasteiger partial charge in [-0.05, 0) is 38.0 Å². The number of carboxylic acid groups (broad SMARTS) is 1. The molecule has 0 radical (unpaired) electrons. The van der Waals surface area contributed by atoms with Gasteiger partial charge in [-0.1, -0.05) is 40.0 Å². The average Bonchev–Trinajstić information content (AvgIpc) is 2.44. The van der Waals surface area contributed by atoms with E-state index in [0.29, 0.717) is 18.8 Å². The van der Waals surface area contributed by atoms with Crippen LogP contribution in [-0.4, -0.2) is 23.1 Å². The van der Waals surface area contributed by atoms with Gasteiger partial charge in [-0.25, -0.2) is 0 Å². The Bertz CT molecular complexity index is 338. The first kappa shape index (κ1) is 18.0. The quantitative estimate of drug-likeness (QED) is 0.687. The molecule has 1 aliphatic rings. The third-order valence-electron chi connectivity index (χ3n) is 4.25. The summed E-state index contributed by atoms with van der Waals surface area (Å²) in [4.78, 5) is 23.4. The van der Waals surface area contributed by atoms with Crippen LogP contribution >= 0.6 is 0 Å². The van der Waals surface area contributed by atoms with E-state index >= 15 is 0 Å². The molecule has 0 aromatic carbocycles. The fourth-order valence-electron chi connectivity index (χ4n) is 3.07. The van der Waals surface area contributed by atoms with Gasteiger partial charge in [0, 0.05) is 0 Å². The number of carbonyl (C=O) groups excluding carboxylic acids is 1. The highest BCUT2D eigenvalue weighted by atomic mass is 16.5. The zero-order chi connectivity index (χ0) is 15.8. The highest BCUT2D eigenvalue weighted by Gasteiger charge is 2.33. The van der Waals surface area contributed by atoms with Crippen molar-refractivity contribution in [2.24, 2.45) is 17.8 Å². The van der Waals surface area contributed by atoms with E-state index in [-0.39, 0.29) is 23.9 Å². The van der Waals surface area contributed by atoms with Crippen LogP contribution in [0.15, 0.2) is 0 Å². The number of ether oxygens (including phenoxy) is 1. The van der Waals surface area contributed by atoms with E-state index in [1.165, 1.54) is 0 Å². The molecule has 1 rings (SSSR count). The minimum atomic E-state index is -0.780. The summed E-state index contributed by atoms with van der Waals surface area (Å²) < 4.78 is 5.70. The molecular weight excluding hydrogens is 268 g/mol. The number of aliphatic carboxylic acids is 1. The van der Waals surface area contributed by atoms with E-state index < -0.39 is 5.97 Å². The Balaban J connectivity index is 2.52. The Morgan fingerprint density at radius 1 is 1.24 bits per heavy atom. The second-order valence-electron chi connectivity index (χ2n) is 6.73. The highest BCUT2D eigenvalue weighted by molar-refractivity contribution is 5.75. The van der Waals surface area contributed by atoms with Crippen molar-refractivity contribution >= 4 is 11.9 Å². The minimum absolute atomic E-state index is 0.0114. The molecule has 1 N–H and O–H groups in total. The Labute approximate surface area is 128 Å². The molecule has 0 amide bonds. The van der Waals surface area contributed by atoms with Crippen LogP contribution in [0.25, 0.3) is 0 Å². The van der Waals surface area contributed by atoms with Crippen molar-refractivity contribution in [3.05, 3.63) is 0 Å². The first-order valence-corrected chi connectivity index (χ1v) is 8.37. The van der Waals surface area contributed by atoms with Gasteiger partial charge < -0.3 is 9.84 Å². The van der Waals surface area contributed by atoms with E-state index in [4.69, 9.17) is 9.84 Å². The summed E-state index contributed by atoms with van der Waals surface area (Å²) in [6.45, 7) is 6.40. The highest BCUT2D eigenvalue weighted by Crippen LogP contribution is 2.31. The topological polar surface area (TPSA) is 63.6 Å².